The van der Waals surface area contributed by atoms with Gasteiger partial charge in [0.1, 0.15) is 0 Å². The van der Waals surface area contributed by atoms with Crippen molar-refractivity contribution in [1.29, 1.82) is 0 Å². The van der Waals surface area contributed by atoms with E-state index in [1.807, 2.05) is 27.7 Å². The molecule has 0 unspecified atom stereocenters. The van der Waals surface area contributed by atoms with E-state index < -0.39 is 0 Å². The third-order valence-electron chi connectivity index (χ3n) is 1.47. The normalized spacial score (nSPS) is 10.5. The summed E-state index contributed by atoms with van der Waals surface area (Å²) >= 11 is 0. The Balaban J connectivity index is 0. The number of rotatable bonds is 1. The van der Waals surface area contributed by atoms with Crippen LogP contribution in [0.15, 0.2) is 29.7 Å². The van der Waals surface area contributed by atoms with Crippen molar-refractivity contribution in [1.82, 2.24) is 4.90 Å². The predicted molar refractivity (Wildman–Crippen MR) is 66.6 cm³/mol. The van der Waals surface area contributed by atoms with Crippen LogP contribution in [0.4, 0.5) is 0 Å². The molecule has 3 heteroatoms. The Labute approximate surface area is 98.1 Å². The van der Waals surface area contributed by atoms with E-state index in [2.05, 4.69) is 5.73 Å². The summed E-state index contributed by atoms with van der Waals surface area (Å²) in [5.41, 5.74) is 3.35. The average Bonchev–Trinajstić information content (AvgIpc) is 2.76. The van der Waals surface area contributed by atoms with E-state index in [0.717, 1.165) is 4.90 Å². The summed E-state index contributed by atoms with van der Waals surface area (Å²) in [6, 6.07) is 0. The summed E-state index contributed by atoms with van der Waals surface area (Å²) in [5, 5.41) is 0. The zero-order valence-electron chi connectivity index (χ0n) is 11.0. The first-order valence-corrected chi connectivity index (χ1v) is 5.57. The van der Waals surface area contributed by atoms with Crippen LogP contribution < -0.4 is 0 Å². The highest BCUT2D eigenvalue weighted by Gasteiger charge is 2.16. The lowest BCUT2D eigenvalue weighted by Gasteiger charge is -2.15. The summed E-state index contributed by atoms with van der Waals surface area (Å²) in [5.74, 6) is -0.552. The van der Waals surface area contributed by atoms with Gasteiger partial charge in [0, 0.05) is 19.9 Å². The van der Waals surface area contributed by atoms with E-state index in [1.54, 1.807) is 18.2 Å². The Morgan fingerprint density at radius 3 is 1.75 bits per heavy atom. The van der Waals surface area contributed by atoms with Gasteiger partial charge in [0.15, 0.2) is 0 Å². The molecule has 1 aliphatic rings. The second-order valence-electron chi connectivity index (χ2n) is 2.44. The first kappa shape index (κ1) is 16.8. The van der Waals surface area contributed by atoms with Gasteiger partial charge in [-0.25, -0.2) is 0 Å². The Kier molecular flexibility index (Phi) is 10.4. The molecule has 0 radical (unpaired) electrons. The molecule has 0 aromatic carbocycles. The first-order chi connectivity index (χ1) is 7.63. The molecule has 0 N–H and O–H groups in total. The summed E-state index contributed by atoms with van der Waals surface area (Å²) in [4.78, 5) is 23.1. The Hall–Kier alpha value is -1.60. The second kappa shape index (κ2) is 9.94. The molecule has 0 saturated carbocycles. The summed E-state index contributed by atoms with van der Waals surface area (Å²) in [7, 11) is 0. The van der Waals surface area contributed by atoms with Crippen LogP contribution in [-0.2, 0) is 9.59 Å². The monoisotopic (exact) mass is 223 g/mol. The van der Waals surface area contributed by atoms with Gasteiger partial charge in [0.25, 0.3) is 0 Å². The van der Waals surface area contributed by atoms with Crippen LogP contribution >= 0.6 is 0 Å². The third-order valence-corrected chi connectivity index (χ3v) is 1.47. The minimum Gasteiger partial charge on any atom is -0.274 e. The van der Waals surface area contributed by atoms with Gasteiger partial charge in [-0.1, -0.05) is 27.7 Å². The molecule has 90 valence electrons. The number of imide groups is 1. The Bertz CT molecular complexity index is 307. The number of carbonyl (C=O) groups excluding carboxylic acids is 2. The fourth-order valence-corrected chi connectivity index (χ4v) is 1.04. The van der Waals surface area contributed by atoms with Crippen molar-refractivity contribution in [2.75, 3.05) is 0 Å². The maximum atomic E-state index is 11.0. The van der Waals surface area contributed by atoms with Crippen molar-refractivity contribution in [3.8, 4) is 0 Å². The largest absolute Gasteiger partial charge is 0.274 e. The maximum absolute atomic E-state index is 11.0. The van der Waals surface area contributed by atoms with E-state index in [-0.39, 0.29) is 11.8 Å². The summed E-state index contributed by atoms with van der Waals surface area (Å²) < 4.78 is 0. The van der Waals surface area contributed by atoms with Crippen LogP contribution in [-0.4, -0.2) is 16.7 Å². The minimum atomic E-state index is -0.276. The minimum absolute atomic E-state index is 0.276. The zero-order chi connectivity index (χ0) is 13.1. The fourth-order valence-electron chi connectivity index (χ4n) is 1.04. The van der Waals surface area contributed by atoms with Crippen LogP contribution in [0.3, 0.4) is 0 Å². The van der Waals surface area contributed by atoms with Crippen LogP contribution in [0.1, 0.15) is 41.5 Å². The van der Waals surface area contributed by atoms with E-state index in [0.29, 0.717) is 5.70 Å². The zero-order valence-corrected chi connectivity index (χ0v) is 11.0. The summed E-state index contributed by atoms with van der Waals surface area (Å²) in [6.45, 7) is 10.7. The van der Waals surface area contributed by atoms with Crippen molar-refractivity contribution in [2.45, 2.75) is 41.5 Å². The van der Waals surface area contributed by atoms with Crippen molar-refractivity contribution < 1.29 is 9.59 Å². The number of carbonyl (C=O) groups is 2. The molecular formula is C13H21NO2. The number of amides is 2. The molecule has 0 fully saturated rings. The van der Waals surface area contributed by atoms with Crippen molar-refractivity contribution >= 4 is 11.8 Å². The lowest BCUT2D eigenvalue weighted by molar-refractivity contribution is -0.139. The molecule has 0 atom stereocenters. The van der Waals surface area contributed by atoms with Crippen LogP contribution in [0.25, 0.3) is 0 Å². The molecule has 0 aliphatic heterocycles. The molecule has 0 aromatic heterocycles. The smallest absolute Gasteiger partial charge is 0.230 e. The van der Waals surface area contributed by atoms with Gasteiger partial charge in [0.05, 0.1) is 5.70 Å². The average molecular weight is 223 g/mol. The van der Waals surface area contributed by atoms with Gasteiger partial charge >= 0.3 is 0 Å². The first-order valence-electron chi connectivity index (χ1n) is 5.57. The van der Waals surface area contributed by atoms with Gasteiger partial charge in [-0.15, -0.1) is 5.73 Å². The lowest BCUT2D eigenvalue weighted by atomic mass is 10.3. The molecule has 3 nitrogen and oxygen atoms in total. The number of nitrogens with zero attached hydrogens (tertiary/aromatic N) is 1. The molecule has 0 bridgehead atoms. The highest BCUT2D eigenvalue weighted by molar-refractivity contribution is 5.95. The number of hydrogen-bond donors (Lipinski definition) is 0. The highest BCUT2D eigenvalue weighted by Crippen LogP contribution is 2.10. The van der Waals surface area contributed by atoms with Crippen molar-refractivity contribution in [2.24, 2.45) is 0 Å². The van der Waals surface area contributed by atoms with Crippen LogP contribution in [0.2, 0.25) is 0 Å². The molecule has 0 saturated heterocycles. The second-order valence-corrected chi connectivity index (χ2v) is 2.44. The van der Waals surface area contributed by atoms with Crippen molar-refractivity contribution in [3.63, 3.8) is 0 Å². The van der Waals surface area contributed by atoms with E-state index in [9.17, 15) is 9.59 Å². The van der Waals surface area contributed by atoms with Crippen molar-refractivity contribution in [3.05, 3.63) is 29.7 Å². The van der Waals surface area contributed by atoms with Gasteiger partial charge < -0.3 is 0 Å². The lowest BCUT2D eigenvalue weighted by Crippen LogP contribution is -2.31. The number of allylic oxidation sites excluding steroid dienone is 2. The third kappa shape index (κ3) is 5.32. The molecular weight excluding hydrogens is 202 g/mol. The maximum Gasteiger partial charge on any atom is 0.230 e. The number of hydrogen-bond acceptors (Lipinski definition) is 2. The van der Waals surface area contributed by atoms with E-state index in [4.69, 9.17) is 0 Å². The summed E-state index contributed by atoms with van der Waals surface area (Å²) in [6.07, 6.45) is 4.93. The Morgan fingerprint density at radius 2 is 1.50 bits per heavy atom. The van der Waals surface area contributed by atoms with Crippen LogP contribution in [0.5, 0.6) is 0 Å². The van der Waals surface area contributed by atoms with Gasteiger partial charge in [-0.3, -0.25) is 14.5 Å². The SMILES string of the molecule is CC.CC.CC(=O)N(C(C)=O)C1=CC=C=C1. The standard InChI is InChI=1S/C9H9NO2.2C2H6/c1-7(11)10(8(2)12)9-5-3-4-6-9;2*1-2/h3,5-6H,1-2H3;2*1-2H3. The molecule has 2 amide bonds. The fraction of sp³-hybridized carbons (Fsp3) is 0.462. The molecule has 0 spiro atoms. The molecule has 0 aromatic rings. The molecule has 1 aliphatic carbocycles. The Morgan fingerprint density at radius 1 is 1.06 bits per heavy atom. The van der Waals surface area contributed by atoms with Crippen LogP contribution in [0, 0.1) is 0 Å². The van der Waals surface area contributed by atoms with Gasteiger partial charge in [-0.05, 0) is 12.2 Å². The van der Waals surface area contributed by atoms with Gasteiger partial charge in [0.2, 0.25) is 11.8 Å². The molecule has 1 rings (SSSR count). The quantitative estimate of drug-likeness (QED) is 0.641. The highest BCUT2D eigenvalue weighted by atomic mass is 16.2. The van der Waals surface area contributed by atoms with E-state index in [1.165, 1.54) is 13.8 Å². The molecule has 16 heavy (non-hydrogen) atoms. The van der Waals surface area contributed by atoms with Gasteiger partial charge in [-0.2, -0.15) is 0 Å². The topological polar surface area (TPSA) is 37.4 Å². The predicted octanol–water partition coefficient (Wildman–Crippen LogP) is 3.04. The molecule has 0 heterocycles. The van der Waals surface area contributed by atoms with E-state index >= 15 is 0 Å².